The zero-order valence-electron chi connectivity index (χ0n) is 4.84. The van der Waals surface area contributed by atoms with Crippen molar-refractivity contribution >= 4 is 5.97 Å². The molecule has 0 spiro atoms. The SMILES string of the molecule is CC1C(=O)OC1(C)O. The van der Waals surface area contributed by atoms with Crippen LogP contribution in [-0.2, 0) is 9.53 Å². The summed E-state index contributed by atoms with van der Waals surface area (Å²) < 4.78 is 4.36. The summed E-state index contributed by atoms with van der Waals surface area (Å²) in [7, 11) is 0. The van der Waals surface area contributed by atoms with Gasteiger partial charge in [0.05, 0.1) is 0 Å². The summed E-state index contributed by atoms with van der Waals surface area (Å²) in [6, 6.07) is 0. The van der Waals surface area contributed by atoms with E-state index in [2.05, 4.69) is 4.74 Å². The first-order chi connectivity index (χ1) is 3.54. The normalized spacial score (nSPS) is 45.4. The molecule has 1 aliphatic rings. The maximum absolute atomic E-state index is 10.3. The van der Waals surface area contributed by atoms with Gasteiger partial charge in [-0.15, -0.1) is 0 Å². The molecule has 3 heteroatoms. The Morgan fingerprint density at radius 3 is 2.38 bits per heavy atom. The van der Waals surface area contributed by atoms with Gasteiger partial charge < -0.3 is 9.84 Å². The van der Waals surface area contributed by atoms with Gasteiger partial charge in [0, 0.05) is 6.92 Å². The zero-order chi connectivity index (χ0) is 6.36. The third-order valence-electron chi connectivity index (χ3n) is 1.46. The summed E-state index contributed by atoms with van der Waals surface area (Å²) in [5.74, 6) is -1.88. The lowest BCUT2D eigenvalue weighted by atomic mass is 9.97. The minimum absolute atomic E-state index is 0.324. The molecule has 2 unspecified atom stereocenters. The molecular formula is C5H8O3. The molecule has 8 heavy (non-hydrogen) atoms. The van der Waals surface area contributed by atoms with Gasteiger partial charge in [0.2, 0.25) is 5.79 Å². The Morgan fingerprint density at radius 2 is 2.38 bits per heavy atom. The molecule has 1 saturated heterocycles. The monoisotopic (exact) mass is 116 g/mol. The predicted octanol–water partition coefficient (Wildman–Crippen LogP) is -0.112. The largest absolute Gasteiger partial charge is 0.432 e. The lowest BCUT2D eigenvalue weighted by Gasteiger charge is -2.37. The van der Waals surface area contributed by atoms with Crippen LogP contribution in [0.2, 0.25) is 0 Å². The number of carbonyl (C=O) groups is 1. The van der Waals surface area contributed by atoms with Crippen LogP contribution in [0.25, 0.3) is 0 Å². The van der Waals surface area contributed by atoms with Gasteiger partial charge in [-0.1, -0.05) is 0 Å². The third kappa shape index (κ3) is 0.512. The van der Waals surface area contributed by atoms with Crippen molar-refractivity contribution in [3.8, 4) is 0 Å². The number of aliphatic hydroxyl groups is 1. The van der Waals surface area contributed by atoms with E-state index in [9.17, 15) is 4.79 Å². The molecule has 0 saturated carbocycles. The highest BCUT2D eigenvalue weighted by Gasteiger charge is 2.48. The Bertz CT molecular complexity index is 128. The Hall–Kier alpha value is -0.570. The fraction of sp³-hybridized carbons (Fsp3) is 0.800. The van der Waals surface area contributed by atoms with Crippen molar-refractivity contribution in [2.24, 2.45) is 5.92 Å². The molecular weight excluding hydrogens is 108 g/mol. The minimum Gasteiger partial charge on any atom is -0.432 e. The van der Waals surface area contributed by atoms with E-state index in [1.807, 2.05) is 0 Å². The lowest BCUT2D eigenvalue weighted by Crippen LogP contribution is -2.53. The number of hydrogen-bond donors (Lipinski definition) is 1. The lowest BCUT2D eigenvalue weighted by molar-refractivity contribution is -0.275. The molecule has 0 aromatic heterocycles. The van der Waals surface area contributed by atoms with Gasteiger partial charge in [-0.2, -0.15) is 0 Å². The average Bonchev–Trinajstić information content (AvgIpc) is 1.65. The van der Waals surface area contributed by atoms with Crippen LogP contribution in [0, 0.1) is 5.92 Å². The first-order valence-electron chi connectivity index (χ1n) is 2.49. The van der Waals surface area contributed by atoms with E-state index in [1.165, 1.54) is 6.92 Å². The van der Waals surface area contributed by atoms with E-state index in [0.29, 0.717) is 0 Å². The fourth-order valence-electron chi connectivity index (χ4n) is 0.541. The van der Waals surface area contributed by atoms with E-state index in [-0.39, 0.29) is 11.9 Å². The van der Waals surface area contributed by atoms with E-state index in [0.717, 1.165) is 0 Å². The summed E-state index contributed by atoms with van der Waals surface area (Å²) in [5, 5.41) is 8.91. The molecule has 3 nitrogen and oxygen atoms in total. The number of rotatable bonds is 0. The molecule has 0 aliphatic carbocycles. The quantitative estimate of drug-likeness (QED) is 0.449. The Labute approximate surface area is 47.3 Å². The first-order valence-corrected chi connectivity index (χ1v) is 2.49. The van der Waals surface area contributed by atoms with Crippen LogP contribution in [-0.4, -0.2) is 16.9 Å². The second-order valence-electron chi connectivity index (χ2n) is 2.20. The van der Waals surface area contributed by atoms with Crippen molar-refractivity contribution in [3.05, 3.63) is 0 Å². The topological polar surface area (TPSA) is 46.5 Å². The second-order valence-corrected chi connectivity index (χ2v) is 2.20. The highest BCUT2D eigenvalue weighted by molar-refractivity contribution is 5.78. The Morgan fingerprint density at radius 1 is 1.88 bits per heavy atom. The molecule has 1 heterocycles. The molecule has 1 N–H and O–H groups in total. The molecule has 1 rings (SSSR count). The summed E-state index contributed by atoms with van der Waals surface area (Å²) in [5.41, 5.74) is 0. The van der Waals surface area contributed by atoms with Gasteiger partial charge in [0.15, 0.2) is 0 Å². The van der Waals surface area contributed by atoms with Crippen molar-refractivity contribution < 1.29 is 14.6 Å². The minimum atomic E-state index is -1.20. The maximum Gasteiger partial charge on any atom is 0.317 e. The van der Waals surface area contributed by atoms with Crippen LogP contribution in [0.1, 0.15) is 13.8 Å². The molecule has 1 fully saturated rings. The Balaban J connectivity index is 2.60. The van der Waals surface area contributed by atoms with E-state index < -0.39 is 5.79 Å². The average molecular weight is 116 g/mol. The van der Waals surface area contributed by atoms with E-state index in [1.54, 1.807) is 6.92 Å². The summed E-state index contributed by atoms with van der Waals surface area (Å²) in [6.45, 7) is 3.10. The molecule has 0 bridgehead atoms. The smallest absolute Gasteiger partial charge is 0.317 e. The summed E-state index contributed by atoms with van der Waals surface area (Å²) >= 11 is 0. The van der Waals surface area contributed by atoms with Crippen LogP contribution < -0.4 is 0 Å². The van der Waals surface area contributed by atoms with Crippen molar-refractivity contribution in [1.82, 2.24) is 0 Å². The van der Waals surface area contributed by atoms with Gasteiger partial charge in [0.1, 0.15) is 5.92 Å². The number of cyclic esters (lactones) is 1. The van der Waals surface area contributed by atoms with Crippen molar-refractivity contribution in [2.45, 2.75) is 19.6 Å². The second kappa shape index (κ2) is 1.23. The number of esters is 1. The maximum atomic E-state index is 10.3. The van der Waals surface area contributed by atoms with Crippen molar-refractivity contribution in [2.75, 3.05) is 0 Å². The van der Waals surface area contributed by atoms with Gasteiger partial charge >= 0.3 is 5.97 Å². The summed E-state index contributed by atoms with van der Waals surface area (Å²) in [4.78, 5) is 10.3. The zero-order valence-corrected chi connectivity index (χ0v) is 4.84. The predicted molar refractivity (Wildman–Crippen MR) is 25.9 cm³/mol. The standard InChI is InChI=1S/C5H8O3/c1-3-4(6)8-5(3,2)7/h3,7H,1-2H3. The van der Waals surface area contributed by atoms with Crippen LogP contribution in [0.4, 0.5) is 0 Å². The van der Waals surface area contributed by atoms with Crippen LogP contribution in [0.3, 0.4) is 0 Å². The number of carbonyl (C=O) groups excluding carboxylic acids is 1. The molecule has 0 aromatic carbocycles. The Kier molecular flexibility index (Phi) is 0.854. The van der Waals surface area contributed by atoms with Crippen molar-refractivity contribution in [1.29, 1.82) is 0 Å². The van der Waals surface area contributed by atoms with Crippen LogP contribution >= 0.6 is 0 Å². The molecule has 0 radical (unpaired) electrons. The number of hydrogen-bond acceptors (Lipinski definition) is 3. The van der Waals surface area contributed by atoms with Gasteiger partial charge in [-0.05, 0) is 6.92 Å². The van der Waals surface area contributed by atoms with Crippen LogP contribution in [0.15, 0.2) is 0 Å². The van der Waals surface area contributed by atoms with Gasteiger partial charge in [-0.3, -0.25) is 4.79 Å². The highest BCUT2D eigenvalue weighted by atomic mass is 16.7. The van der Waals surface area contributed by atoms with E-state index in [4.69, 9.17) is 5.11 Å². The molecule has 0 aromatic rings. The van der Waals surface area contributed by atoms with Crippen molar-refractivity contribution in [3.63, 3.8) is 0 Å². The van der Waals surface area contributed by atoms with Gasteiger partial charge in [-0.25, -0.2) is 0 Å². The van der Waals surface area contributed by atoms with Crippen LogP contribution in [0.5, 0.6) is 0 Å². The molecule has 2 atom stereocenters. The first kappa shape index (κ1) is 5.56. The van der Waals surface area contributed by atoms with E-state index >= 15 is 0 Å². The summed E-state index contributed by atoms with van der Waals surface area (Å²) in [6.07, 6.45) is 0. The number of ether oxygens (including phenoxy) is 1. The molecule has 0 amide bonds. The fourth-order valence-corrected chi connectivity index (χ4v) is 0.541. The third-order valence-corrected chi connectivity index (χ3v) is 1.46. The molecule has 1 aliphatic heterocycles. The highest BCUT2D eigenvalue weighted by Crippen LogP contribution is 2.30. The molecule has 46 valence electrons. The van der Waals surface area contributed by atoms with Gasteiger partial charge in [0.25, 0.3) is 0 Å².